The first-order valence-electron chi connectivity index (χ1n) is 22.6. The fourth-order valence-corrected chi connectivity index (χ4v) is 7.19. The zero-order valence-electron chi connectivity index (χ0n) is 38.7. The van der Waals surface area contributed by atoms with Gasteiger partial charge >= 0.3 is 5.97 Å². The van der Waals surface area contributed by atoms with E-state index in [1.54, 1.807) is 33.0 Å². The van der Waals surface area contributed by atoms with Gasteiger partial charge in [0.15, 0.2) is 0 Å². The minimum absolute atomic E-state index is 0.000678. The molecule has 0 amide bonds. The Bertz CT molecular complexity index is 1870. The third-order valence-electron chi connectivity index (χ3n) is 11.2. The molecule has 0 saturated heterocycles. The lowest BCUT2D eigenvalue weighted by atomic mass is 9.93. The summed E-state index contributed by atoms with van der Waals surface area (Å²) in [4.78, 5) is 34.2. The number of halogens is 4. The summed E-state index contributed by atoms with van der Waals surface area (Å²) in [6, 6.07) is 11.6. The smallest absolute Gasteiger partial charge is 0.340 e. The second-order valence-electron chi connectivity index (χ2n) is 15.9. The SMILES string of the molecule is C=O.CCCCCCCCCCO.COC(=O)c1cn(C)c(C(=O)c2ccc(CCCCCCCCCCCCO)cc2)c1-c1c(F)ccc(F)c1C.Cc1c(F)ccc(F)c1C. The van der Waals surface area contributed by atoms with E-state index in [4.69, 9.17) is 19.7 Å². The van der Waals surface area contributed by atoms with Crippen LogP contribution in [0.2, 0.25) is 0 Å². The van der Waals surface area contributed by atoms with Crippen molar-refractivity contribution in [3.8, 4) is 11.1 Å². The van der Waals surface area contributed by atoms with E-state index in [-0.39, 0.29) is 39.6 Å². The number of hydrogen-bond acceptors (Lipinski definition) is 6. The number of rotatable bonds is 24. The van der Waals surface area contributed by atoms with Crippen molar-refractivity contribution in [3.05, 3.63) is 117 Å². The largest absolute Gasteiger partial charge is 0.465 e. The lowest BCUT2D eigenvalue weighted by Gasteiger charge is -2.13. The molecule has 0 radical (unpaired) electrons. The molecular formula is C52H73F4NO6. The topological polar surface area (TPSA) is 106 Å². The number of nitrogens with zero attached hydrogens (tertiary/aromatic N) is 1. The van der Waals surface area contributed by atoms with Crippen LogP contribution >= 0.6 is 0 Å². The maximum Gasteiger partial charge on any atom is 0.340 e. The van der Waals surface area contributed by atoms with Crippen LogP contribution in [-0.4, -0.2) is 53.6 Å². The Kier molecular flexibility index (Phi) is 29.5. The number of aliphatic hydroxyl groups is 2. The van der Waals surface area contributed by atoms with Crippen LogP contribution < -0.4 is 0 Å². The van der Waals surface area contributed by atoms with Crippen LogP contribution in [0.5, 0.6) is 0 Å². The standard InChI is InChI=1S/C33H41F2NO4.C10H22O.C8H8F2.CH2O/c1-23-27(34)19-20-28(35)29(23)30-26(33(39)40-3)22-36(2)31(30)32(38)25-17-15-24(16-18-25)14-12-10-8-6-4-5-7-9-11-13-21-37;1-2-3-4-5-6-7-8-9-10-11;1-5-6(2)8(10)4-3-7(5)9;1-2/h15-20,22,37H,4-14,21H2,1-3H3;11H,2-10H2,1H3;3-4H,1-2H3;1H2. The lowest BCUT2D eigenvalue weighted by molar-refractivity contribution is -0.0980. The first-order valence-corrected chi connectivity index (χ1v) is 22.6. The van der Waals surface area contributed by atoms with Crippen LogP contribution in [0.4, 0.5) is 17.6 Å². The number of aromatic nitrogens is 1. The summed E-state index contributed by atoms with van der Waals surface area (Å²) in [5, 5.41) is 17.3. The molecule has 0 unspecified atom stereocenters. The summed E-state index contributed by atoms with van der Waals surface area (Å²) in [5.41, 5.74) is 2.32. The molecular weight excluding hydrogens is 811 g/mol. The molecule has 2 N–H and O–H groups in total. The molecule has 63 heavy (non-hydrogen) atoms. The number of unbranched alkanes of at least 4 members (excludes halogenated alkanes) is 16. The number of ketones is 1. The van der Waals surface area contributed by atoms with Gasteiger partial charge in [0.1, 0.15) is 30.1 Å². The van der Waals surface area contributed by atoms with Crippen molar-refractivity contribution in [1.82, 2.24) is 4.57 Å². The van der Waals surface area contributed by atoms with Crippen LogP contribution in [-0.2, 0) is 23.0 Å². The normalized spacial score (nSPS) is 10.5. The third kappa shape index (κ3) is 19.8. The van der Waals surface area contributed by atoms with Gasteiger partial charge in [-0.25, -0.2) is 22.4 Å². The molecule has 0 atom stereocenters. The van der Waals surface area contributed by atoms with Crippen LogP contribution in [0, 0.1) is 44.0 Å². The summed E-state index contributed by atoms with van der Waals surface area (Å²) >= 11 is 0. The van der Waals surface area contributed by atoms with Gasteiger partial charge in [0.2, 0.25) is 5.78 Å². The Morgan fingerprint density at radius 2 is 0.968 bits per heavy atom. The maximum absolute atomic E-state index is 15.0. The van der Waals surface area contributed by atoms with Gasteiger partial charge in [-0.3, -0.25) is 4.79 Å². The van der Waals surface area contributed by atoms with E-state index in [1.807, 2.05) is 18.9 Å². The Morgan fingerprint density at radius 1 is 0.571 bits per heavy atom. The fourth-order valence-electron chi connectivity index (χ4n) is 7.19. The second-order valence-corrected chi connectivity index (χ2v) is 15.9. The van der Waals surface area contributed by atoms with E-state index in [9.17, 15) is 22.8 Å². The highest BCUT2D eigenvalue weighted by Crippen LogP contribution is 2.36. The monoisotopic (exact) mass is 884 g/mol. The molecule has 1 aromatic heterocycles. The van der Waals surface area contributed by atoms with Crippen LogP contribution in [0.25, 0.3) is 11.1 Å². The van der Waals surface area contributed by atoms with Gasteiger partial charge in [-0.1, -0.05) is 128 Å². The van der Waals surface area contributed by atoms with E-state index in [1.165, 1.54) is 108 Å². The minimum Gasteiger partial charge on any atom is -0.465 e. The van der Waals surface area contributed by atoms with Gasteiger partial charge in [0, 0.05) is 43.1 Å². The molecule has 0 fully saturated rings. The number of benzene rings is 3. The van der Waals surface area contributed by atoms with Gasteiger partial charge in [0.25, 0.3) is 0 Å². The third-order valence-corrected chi connectivity index (χ3v) is 11.2. The molecule has 350 valence electrons. The molecule has 0 aliphatic carbocycles. The lowest BCUT2D eigenvalue weighted by Crippen LogP contribution is -2.10. The number of methoxy groups -OCH3 is 1. The van der Waals surface area contributed by atoms with Crippen molar-refractivity contribution in [1.29, 1.82) is 0 Å². The van der Waals surface area contributed by atoms with Gasteiger partial charge in [-0.15, -0.1) is 0 Å². The molecule has 0 aliphatic rings. The van der Waals surface area contributed by atoms with Crippen molar-refractivity contribution in [2.75, 3.05) is 20.3 Å². The van der Waals surface area contributed by atoms with E-state index in [0.29, 0.717) is 29.9 Å². The number of carbonyl (C=O) groups excluding carboxylic acids is 3. The van der Waals surface area contributed by atoms with E-state index in [2.05, 4.69) is 6.92 Å². The van der Waals surface area contributed by atoms with Crippen molar-refractivity contribution in [3.63, 3.8) is 0 Å². The van der Waals surface area contributed by atoms with Gasteiger partial charge < -0.3 is 24.3 Å². The van der Waals surface area contributed by atoms with Gasteiger partial charge in [-0.2, -0.15) is 0 Å². The highest BCUT2D eigenvalue weighted by molar-refractivity contribution is 6.15. The van der Waals surface area contributed by atoms with Crippen molar-refractivity contribution in [2.24, 2.45) is 7.05 Å². The Morgan fingerprint density at radius 3 is 1.40 bits per heavy atom. The predicted octanol–water partition coefficient (Wildman–Crippen LogP) is 13.2. The van der Waals surface area contributed by atoms with Crippen LogP contribution in [0.15, 0.2) is 54.7 Å². The van der Waals surface area contributed by atoms with E-state index >= 15 is 4.39 Å². The van der Waals surface area contributed by atoms with Gasteiger partial charge in [-0.05, 0) is 93.0 Å². The summed E-state index contributed by atoms with van der Waals surface area (Å²) in [5.74, 6) is -3.18. The first-order chi connectivity index (χ1) is 30.3. The number of hydrogen-bond donors (Lipinski definition) is 2. The van der Waals surface area contributed by atoms with Gasteiger partial charge in [0.05, 0.1) is 18.4 Å². The zero-order chi connectivity index (χ0) is 47.2. The molecule has 4 rings (SSSR count). The number of aliphatic hydroxyl groups excluding tert-OH is 2. The second kappa shape index (κ2) is 33.0. The van der Waals surface area contributed by atoms with Crippen LogP contribution in [0.1, 0.15) is 171 Å². The highest BCUT2D eigenvalue weighted by atomic mass is 19.1. The first kappa shape index (κ1) is 56.4. The average Bonchev–Trinajstić information content (AvgIpc) is 3.64. The van der Waals surface area contributed by atoms with Crippen molar-refractivity contribution in [2.45, 2.75) is 150 Å². The maximum atomic E-state index is 15.0. The molecule has 11 heteroatoms. The molecule has 0 saturated carbocycles. The zero-order valence-corrected chi connectivity index (χ0v) is 38.7. The Labute approximate surface area is 374 Å². The molecule has 0 bridgehead atoms. The Hall–Kier alpha value is -4.61. The Balaban J connectivity index is 0.000000700. The quantitative estimate of drug-likeness (QED) is 0.0314. The predicted molar refractivity (Wildman–Crippen MR) is 246 cm³/mol. The molecule has 3 aromatic carbocycles. The van der Waals surface area contributed by atoms with Crippen LogP contribution in [0.3, 0.4) is 0 Å². The molecule has 0 aliphatic heterocycles. The molecule has 1 heterocycles. The molecule has 4 aromatic rings. The van der Waals surface area contributed by atoms with E-state index < -0.39 is 23.4 Å². The number of esters is 1. The number of aryl methyl sites for hydroxylation is 2. The number of ether oxygens (including phenoxy) is 1. The summed E-state index contributed by atoms with van der Waals surface area (Å²) in [7, 11) is 2.80. The summed E-state index contributed by atoms with van der Waals surface area (Å²) in [6.07, 6.45) is 24.4. The fraction of sp³-hybridized carbons (Fsp3) is 0.519. The average molecular weight is 884 g/mol. The summed E-state index contributed by atoms with van der Waals surface area (Å²) < 4.78 is 61.0. The molecule has 0 spiro atoms. The van der Waals surface area contributed by atoms with Crippen molar-refractivity contribution >= 4 is 18.5 Å². The minimum atomic E-state index is -0.735. The highest BCUT2D eigenvalue weighted by Gasteiger charge is 2.30. The molecule has 7 nitrogen and oxygen atoms in total. The van der Waals surface area contributed by atoms with Crippen molar-refractivity contribution < 1.29 is 46.9 Å². The van der Waals surface area contributed by atoms with E-state index in [0.717, 1.165) is 68.4 Å². The number of carbonyl (C=O) groups is 3. The summed E-state index contributed by atoms with van der Waals surface area (Å²) in [6.45, 7) is 9.45.